The topological polar surface area (TPSA) is 41.6 Å². The van der Waals surface area contributed by atoms with Gasteiger partial charge in [0.15, 0.2) is 0 Å². The second kappa shape index (κ2) is 2.92. The third kappa shape index (κ3) is 1.04. The van der Waals surface area contributed by atoms with Crippen molar-refractivity contribution in [3.05, 3.63) is 36.1 Å². The Labute approximate surface area is 84.4 Å². The number of hydrogen-bond donors (Lipinski definition) is 1. The van der Waals surface area contributed by atoms with Crippen molar-refractivity contribution in [2.24, 2.45) is 0 Å². The van der Waals surface area contributed by atoms with Crippen LogP contribution < -0.4 is 0 Å². The fourth-order valence-corrected chi connectivity index (χ4v) is 2.34. The maximum Gasteiger partial charge on any atom is 0.0818 e. The number of nitrogens with zero attached hydrogens (tertiary/aromatic N) is 2. The molecular weight excluding hydrogens is 194 g/mol. The molecule has 2 heterocycles. The summed E-state index contributed by atoms with van der Waals surface area (Å²) in [7, 11) is 0. The van der Waals surface area contributed by atoms with E-state index in [1.165, 1.54) is 10.3 Å². The molecule has 0 atom stereocenters. The monoisotopic (exact) mass is 201 g/mol. The van der Waals surface area contributed by atoms with Gasteiger partial charge >= 0.3 is 0 Å². The molecule has 0 saturated carbocycles. The molecular formula is C10H7N3S. The number of aromatic nitrogens is 3. The highest BCUT2D eigenvalue weighted by atomic mass is 32.1. The molecule has 0 unspecified atom stereocenters. The first kappa shape index (κ1) is 7.70. The van der Waals surface area contributed by atoms with Crippen molar-refractivity contribution in [3.63, 3.8) is 0 Å². The molecule has 3 aromatic rings. The summed E-state index contributed by atoms with van der Waals surface area (Å²) < 4.78 is 1.22. The van der Waals surface area contributed by atoms with Crippen LogP contribution in [0.5, 0.6) is 0 Å². The Morgan fingerprint density at radius 1 is 1.29 bits per heavy atom. The minimum atomic E-state index is 1.05. The summed E-state index contributed by atoms with van der Waals surface area (Å²) in [5.74, 6) is 0. The van der Waals surface area contributed by atoms with Crippen molar-refractivity contribution in [1.82, 2.24) is 15.2 Å². The van der Waals surface area contributed by atoms with Gasteiger partial charge in [-0.15, -0.1) is 11.3 Å². The molecule has 4 heteroatoms. The number of rotatable bonds is 1. The normalized spacial score (nSPS) is 10.9. The van der Waals surface area contributed by atoms with Gasteiger partial charge in [-0.1, -0.05) is 12.1 Å². The van der Waals surface area contributed by atoms with Crippen molar-refractivity contribution in [2.75, 3.05) is 0 Å². The lowest BCUT2D eigenvalue weighted by atomic mass is 10.1. The molecule has 14 heavy (non-hydrogen) atoms. The van der Waals surface area contributed by atoms with Crippen molar-refractivity contribution < 1.29 is 0 Å². The van der Waals surface area contributed by atoms with Crippen LogP contribution in [0, 0.1) is 0 Å². The highest BCUT2D eigenvalue weighted by Gasteiger charge is 2.05. The van der Waals surface area contributed by atoms with Gasteiger partial charge in [-0.2, -0.15) is 5.10 Å². The van der Waals surface area contributed by atoms with E-state index in [4.69, 9.17) is 0 Å². The van der Waals surface area contributed by atoms with E-state index in [1.54, 1.807) is 11.3 Å². The number of aromatic amines is 1. The maximum absolute atomic E-state index is 4.28. The number of nitrogens with one attached hydrogen (secondary N) is 1. The average molecular weight is 201 g/mol. The number of thiazole rings is 1. The van der Waals surface area contributed by atoms with Gasteiger partial charge in [-0.25, -0.2) is 4.98 Å². The zero-order chi connectivity index (χ0) is 9.38. The molecule has 2 aromatic heterocycles. The van der Waals surface area contributed by atoms with E-state index in [-0.39, 0.29) is 0 Å². The second-order valence-corrected chi connectivity index (χ2v) is 3.85. The Morgan fingerprint density at radius 3 is 3.14 bits per heavy atom. The lowest BCUT2D eigenvalue weighted by Crippen LogP contribution is -1.74. The maximum atomic E-state index is 4.28. The Bertz CT molecular complexity index is 554. The van der Waals surface area contributed by atoms with E-state index in [0.717, 1.165) is 11.1 Å². The van der Waals surface area contributed by atoms with Gasteiger partial charge < -0.3 is 0 Å². The number of benzene rings is 1. The van der Waals surface area contributed by atoms with Gasteiger partial charge in [0, 0.05) is 17.3 Å². The van der Waals surface area contributed by atoms with E-state index >= 15 is 0 Å². The van der Waals surface area contributed by atoms with Crippen LogP contribution in [0.25, 0.3) is 21.3 Å². The van der Waals surface area contributed by atoms with E-state index in [2.05, 4.69) is 21.2 Å². The Hall–Kier alpha value is -1.68. The molecule has 3 nitrogen and oxygen atoms in total. The first-order valence-electron chi connectivity index (χ1n) is 4.26. The predicted octanol–water partition coefficient (Wildman–Crippen LogP) is 2.69. The molecule has 0 saturated heterocycles. The van der Waals surface area contributed by atoms with Crippen LogP contribution in [-0.2, 0) is 0 Å². The standard InChI is InChI=1S/C10H7N3S/c1-2-8(7-4-12-13-5-7)10-9(3-1)11-6-14-10/h1-6H,(H,12,13). The fraction of sp³-hybridized carbons (Fsp3) is 0. The third-order valence-electron chi connectivity index (χ3n) is 2.17. The minimum absolute atomic E-state index is 1.05. The summed E-state index contributed by atoms with van der Waals surface area (Å²) in [4.78, 5) is 4.28. The average Bonchev–Trinajstić information content (AvgIpc) is 2.88. The molecule has 0 aliphatic heterocycles. The van der Waals surface area contributed by atoms with Gasteiger partial charge in [0.1, 0.15) is 0 Å². The Morgan fingerprint density at radius 2 is 2.29 bits per heavy atom. The summed E-state index contributed by atoms with van der Waals surface area (Å²) in [5, 5.41) is 6.77. The smallest absolute Gasteiger partial charge is 0.0818 e. The van der Waals surface area contributed by atoms with Crippen molar-refractivity contribution >= 4 is 21.6 Å². The summed E-state index contributed by atoms with van der Waals surface area (Å²) in [6.45, 7) is 0. The summed E-state index contributed by atoms with van der Waals surface area (Å²) in [6, 6.07) is 6.13. The molecule has 0 amide bonds. The number of hydrogen-bond acceptors (Lipinski definition) is 3. The molecule has 3 rings (SSSR count). The second-order valence-electron chi connectivity index (χ2n) is 2.99. The third-order valence-corrected chi connectivity index (χ3v) is 3.04. The van der Waals surface area contributed by atoms with Gasteiger partial charge in [0.25, 0.3) is 0 Å². The van der Waals surface area contributed by atoms with Crippen molar-refractivity contribution in [3.8, 4) is 11.1 Å². The molecule has 0 radical (unpaired) electrons. The molecule has 0 aliphatic rings. The van der Waals surface area contributed by atoms with Crippen LogP contribution in [0.3, 0.4) is 0 Å². The zero-order valence-electron chi connectivity index (χ0n) is 7.27. The Balaban J connectivity index is 2.36. The summed E-state index contributed by atoms with van der Waals surface area (Å²) in [6.07, 6.45) is 3.73. The molecule has 0 aliphatic carbocycles. The molecule has 0 spiro atoms. The fourth-order valence-electron chi connectivity index (χ4n) is 1.51. The minimum Gasteiger partial charge on any atom is -0.285 e. The quantitative estimate of drug-likeness (QED) is 0.657. The van der Waals surface area contributed by atoms with Crippen LogP contribution in [0.2, 0.25) is 0 Å². The highest BCUT2D eigenvalue weighted by Crippen LogP contribution is 2.29. The largest absolute Gasteiger partial charge is 0.285 e. The van der Waals surface area contributed by atoms with E-state index < -0.39 is 0 Å². The van der Waals surface area contributed by atoms with Gasteiger partial charge in [0.05, 0.1) is 21.9 Å². The lowest BCUT2D eigenvalue weighted by Gasteiger charge is -1.97. The van der Waals surface area contributed by atoms with E-state index in [0.29, 0.717) is 0 Å². The van der Waals surface area contributed by atoms with Gasteiger partial charge in [-0.05, 0) is 6.07 Å². The SMILES string of the molecule is c1cc(-c2cn[nH]c2)c2scnc2c1. The highest BCUT2D eigenvalue weighted by molar-refractivity contribution is 7.17. The number of fused-ring (bicyclic) bond motifs is 1. The summed E-state index contributed by atoms with van der Waals surface area (Å²) >= 11 is 1.66. The van der Waals surface area contributed by atoms with Gasteiger partial charge in [-0.3, -0.25) is 5.10 Å². The molecule has 0 bridgehead atoms. The van der Waals surface area contributed by atoms with Crippen LogP contribution in [0.4, 0.5) is 0 Å². The van der Waals surface area contributed by atoms with E-state index in [9.17, 15) is 0 Å². The van der Waals surface area contributed by atoms with Crippen LogP contribution in [0.1, 0.15) is 0 Å². The zero-order valence-corrected chi connectivity index (χ0v) is 8.08. The molecule has 68 valence electrons. The van der Waals surface area contributed by atoms with Crippen molar-refractivity contribution in [2.45, 2.75) is 0 Å². The molecule has 1 aromatic carbocycles. The van der Waals surface area contributed by atoms with Crippen LogP contribution in [-0.4, -0.2) is 15.2 Å². The van der Waals surface area contributed by atoms with E-state index in [1.807, 2.05) is 30.0 Å². The summed E-state index contributed by atoms with van der Waals surface area (Å²) in [5.41, 5.74) is 5.22. The van der Waals surface area contributed by atoms with Crippen LogP contribution >= 0.6 is 11.3 Å². The molecule has 0 fully saturated rings. The first-order chi connectivity index (χ1) is 6.95. The van der Waals surface area contributed by atoms with Crippen molar-refractivity contribution in [1.29, 1.82) is 0 Å². The first-order valence-corrected chi connectivity index (χ1v) is 5.14. The Kier molecular flexibility index (Phi) is 1.61. The van der Waals surface area contributed by atoms with Crippen LogP contribution in [0.15, 0.2) is 36.1 Å². The predicted molar refractivity (Wildman–Crippen MR) is 57.2 cm³/mol. The number of H-pyrrole nitrogens is 1. The van der Waals surface area contributed by atoms with Gasteiger partial charge in [0.2, 0.25) is 0 Å². The lowest BCUT2D eigenvalue weighted by molar-refractivity contribution is 1.09. The molecule has 1 N–H and O–H groups in total.